The summed E-state index contributed by atoms with van der Waals surface area (Å²) in [7, 11) is 0. The molecule has 16 nitrogen and oxygen atoms in total. The van der Waals surface area contributed by atoms with Crippen molar-refractivity contribution in [2.45, 2.75) is 18.9 Å². The fourth-order valence-electron chi connectivity index (χ4n) is 7.88. The number of esters is 1. The molecule has 6 aromatic carbocycles. The molecule has 1 aromatic heterocycles. The molecule has 0 fully saturated rings. The lowest BCUT2D eigenvalue weighted by Gasteiger charge is -2.36. The molecule has 7 aromatic rings. The second kappa shape index (κ2) is 18.1. The van der Waals surface area contributed by atoms with Crippen LogP contribution in [-0.4, -0.2) is 61.6 Å². The van der Waals surface area contributed by atoms with Crippen molar-refractivity contribution in [3.8, 4) is 34.4 Å². The molecule has 1 spiro atoms. The van der Waals surface area contributed by atoms with E-state index in [-0.39, 0.29) is 45.5 Å². The number of hydrogen-bond donors (Lipinski definition) is 8. The molecule has 0 saturated carbocycles. The molecule has 18 heteroatoms. The van der Waals surface area contributed by atoms with Crippen molar-refractivity contribution in [1.82, 2.24) is 25.6 Å². The van der Waals surface area contributed by atoms with Gasteiger partial charge in [-0.15, -0.1) is 0 Å². The number of amides is 1. The Labute approximate surface area is 387 Å². The van der Waals surface area contributed by atoms with Gasteiger partial charge in [0.05, 0.1) is 28.8 Å². The van der Waals surface area contributed by atoms with Crippen LogP contribution in [0.15, 0.2) is 132 Å². The molecule has 9 rings (SSSR count). The number of para-hydroxylation sites is 1. The highest BCUT2D eigenvalue weighted by Gasteiger charge is 2.53. The zero-order valence-corrected chi connectivity index (χ0v) is 36.6. The third-order valence-electron chi connectivity index (χ3n) is 10.8. The van der Waals surface area contributed by atoms with Crippen molar-refractivity contribution in [2.24, 2.45) is 0 Å². The lowest BCUT2D eigenvalue weighted by atomic mass is 9.77. The van der Waals surface area contributed by atoms with Gasteiger partial charge >= 0.3 is 5.97 Å². The van der Waals surface area contributed by atoms with Crippen molar-refractivity contribution < 1.29 is 34.0 Å². The first-order valence-corrected chi connectivity index (χ1v) is 21.6. The van der Waals surface area contributed by atoms with Gasteiger partial charge in [0.2, 0.25) is 5.95 Å². The minimum absolute atomic E-state index is 0.0306. The normalized spacial score (nSPS) is 12.7. The Hall–Kier alpha value is -8.22. The fraction of sp³-hybridized carbons (Fsp3) is 0.125. The van der Waals surface area contributed by atoms with E-state index in [0.717, 1.165) is 0 Å². The van der Waals surface area contributed by atoms with Gasteiger partial charge in [0.1, 0.15) is 28.7 Å². The molecule has 0 radical (unpaired) electrons. The van der Waals surface area contributed by atoms with E-state index in [9.17, 15) is 24.6 Å². The summed E-state index contributed by atoms with van der Waals surface area (Å²) < 4.78 is 19.2. The third kappa shape index (κ3) is 8.45. The summed E-state index contributed by atoms with van der Waals surface area (Å²) in [4.78, 5) is 44.9. The molecule has 332 valence electrons. The highest BCUT2D eigenvalue weighted by Crippen LogP contribution is 2.57. The molecule has 1 amide bonds. The minimum Gasteiger partial charge on any atom is -0.508 e. The van der Waals surface area contributed by atoms with Crippen LogP contribution < -0.4 is 47.2 Å². The van der Waals surface area contributed by atoms with E-state index in [4.69, 9.17) is 38.6 Å². The molecule has 0 unspecified atom stereocenters. The second-order valence-electron chi connectivity index (χ2n) is 15.1. The van der Waals surface area contributed by atoms with Crippen molar-refractivity contribution in [1.29, 1.82) is 0 Å². The highest BCUT2D eigenvalue weighted by atomic mass is 32.1. The molecule has 0 bridgehead atoms. The van der Waals surface area contributed by atoms with Crippen molar-refractivity contribution in [3.63, 3.8) is 0 Å². The monoisotopic (exact) mass is 920 g/mol. The Kier molecular flexibility index (Phi) is 11.8. The lowest BCUT2D eigenvalue weighted by Crippen LogP contribution is -2.36. The molecule has 0 saturated heterocycles. The number of carbonyl (C=O) groups excluding carboxylic acids is 2. The van der Waals surface area contributed by atoms with Gasteiger partial charge in [-0.3, -0.25) is 20.4 Å². The Bertz CT molecular complexity index is 3090. The number of thiocarbonyl (C=S) groups is 2. The predicted molar refractivity (Wildman–Crippen MR) is 257 cm³/mol. The summed E-state index contributed by atoms with van der Waals surface area (Å²) >= 11 is 11.1. The fourth-order valence-corrected chi connectivity index (χ4v) is 8.27. The Balaban J connectivity index is 0.773. The van der Waals surface area contributed by atoms with E-state index in [1.54, 1.807) is 103 Å². The van der Waals surface area contributed by atoms with Crippen molar-refractivity contribution in [2.75, 3.05) is 35.8 Å². The quantitative estimate of drug-likeness (QED) is 0.0264. The molecular weight excluding hydrogens is 881 g/mol. The number of anilines is 3. The SMILES string of the molecule is CCOc1ccc(-n2c(NNC(=S)Nc3cccc(C(=O)NCCCNC(=S)Nc4ccc5c(c4)C(=O)OC54c5ccc(O)cc5Oc5cc(O)ccc54)c3)nc3ccccc3c2=O)cc1. The van der Waals surface area contributed by atoms with E-state index in [2.05, 4.69) is 37.1 Å². The van der Waals surface area contributed by atoms with Crippen LogP contribution in [0.3, 0.4) is 0 Å². The number of phenols is 2. The van der Waals surface area contributed by atoms with E-state index in [0.29, 0.717) is 92.8 Å². The average molecular weight is 921 g/mol. The second-order valence-corrected chi connectivity index (χ2v) is 15.9. The number of ether oxygens (including phenoxy) is 3. The predicted octanol–water partition coefficient (Wildman–Crippen LogP) is 7.18. The van der Waals surface area contributed by atoms with Crippen LogP contribution in [0, 0.1) is 0 Å². The molecule has 2 aliphatic heterocycles. The smallest absolute Gasteiger partial charge is 0.340 e. The summed E-state index contributed by atoms with van der Waals surface area (Å²) in [5, 5.41) is 33.5. The molecule has 2 aliphatic rings. The summed E-state index contributed by atoms with van der Waals surface area (Å²) in [5.41, 5.74) is 8.72. The maximum absolute atomic E-state index is 13.7. The van der Waals surface area contributed by atoms with E-state index in [1.807, 2.05) is 6.92 Å². The molecular formula is C48H40N8O8S2. The summed E-state index contributed by atoms with van der Waals surface area (Å²) in [6.45, 7) is 3.19. The third-order valence-corrected chi connectivity index (χ3v) is 11.3. The molecule has 0 aliphatic carbocycles. The number of fused-ring (bicyclic) bond motifs is 7. The molecule has 8 N–H and O–H groups in total. The van der Waals surface area contributed by atoms with E-state index >= 15 is 0 Å². The lowest BCUT2D eigenvalue weighted by molar-refractivity contribution is 0.0224. The van der Waals surface area contributed by atoms with E-state index < -0.39 is 11.6 Å². The van der Waals surface area contributed by atoms with E-state index in [1.165, 1.54) is 28.8 Å². The number of nitrogens with zero attached hydrogens (tertiary/aromatic N) is 2. The Morgan fingerprint density at radius 1 is 0.758 bits per heavy atom. The molecule has 66 heavy (non-hydrogen) atoms. The standard InChI is InChI=1S/C48H40N8O8S2/c1-2-62-33-16-12-30(13-17-33)56-43(60)34-9-3-4-10-39(34)53-45(56)54-55-47(66)52-28-8-5-7-27(23-28)42(59)49-21-6-22-50-46(65)51-29-11-18-36-35(24-29)44(61)64-48(36)37-19-14-31(57)25-40(37)63-41-26-32(58)15-20-38(41)48/h3-5,7-20,23-26,57-58H,2,6,21-22H2,1H3,(H,49,59)(H,53,54)(H2,50,51,65)(H2,52,55,66). The van der Waals surface area contributed by atoms with Gasteiger partial charge in [-0.2, -0.15) is 0 Å². The number of hydrogen-bond acceptors (Lipinski definition) is 12. The first-order valence-electron chi connectivity index (χ1n) is 20.7. The number of nitrogens with one attached hydrogen (secondary N) is 6. The zero-order chi connectivity index (χ0) is 46.0. The number of aromatic hydroxyl groups is 2. The number of rotatable bonds is 12. The first kappa shape index (κ1) is 43.1. The minimum atomic E-state index is -1.37. The maximum atomic E-state index is 13.7. The van der Waals surface area contributed by atoms with Gasteiger partial charge in [0, 0.05) is 58.9 Å². The van der Waals surface area contributed by atoms with Crippen molar-refractivity contribution in [3.05, 3.63) is 166 Å². The number of benzene rings is 6. The van der Waals surface area contributed by atoms with Gasteiger partial charge in [-0.25, -0.2) is 14.3 Å². The van der Waals surface area contributed by atoms with Gasteiger partial charge < -0.3 is 45.7 Å². The number of phenolic OH excluding ortho intramolecular Hbond substituents is 2. The topological polar surface area (TPSA) is 209 Å². The van der Waals surface area contributed by atoms with Crippen LogP contribution in [0.4, 0.5) is 17.3 Å². The van der Waals surface area contributed by atoms with Gasteiger partial charge in [0.25, 0.3) is 11.5 Å². The van der Waals surface area contributed by atoms with Crippen LogP contribution in [0.1, 0.15) is 50.8 Å². The van der Waals surface area contributed by atoms with Crippen LogP contribution in [0.2, 0.25) is 0 Å². The molecule has 0 atom stereocenters. The van der Waals surface area contributed by atoms with Gasteiger partial charge in [-0.1, -0.05) is 24.3 Å². The van der Waals surface area contributed by atoms with Crippen LogP contribution in [0.25, 0.3) is 16.6 Å². The summed E-state index contributed by atoms with van der Waals surface area (Å²) in [6.07, 6.45) is 0.542. The summed E-state index contributed by atoms with van der Waals surface area (Å²) in [5.74, 6) is 0.540. The van der Waals surface area contributed by atoms with Gasteiger partial charge in [-0.05, 0) is 129 Å². The Morgan fingerprint density at radius 2 is 1.44 bits per heavy atom. The van der Waals surface area contributed by atoms with Crippen LogP contribution in [-0.2, 0) is 10.3 Å². The average Bonchev–Trinajstić information content (AvgIpc) is 3.59. The molecule has 3 heterocycles. The number of aromatic nitrogens is 2. The zero-order valence-electron chi connectivity index (χ0n) is 35.0. The summed E-state index contributed by atoms with van der Waals surface area (Å²) in [6, 6.07) is 35.4. The van der Waals surface area contributed by atoms with Gasteiger partial charge in [0.15, 0.2) is 15.8 Å². The van der Waals surface area contributed by atoms with Crippen LogP contribution >= 0.6 is 24.4 Å². The largest absolute Gasteiger partial charge is 0.508 e. The number of carbonyl (C=O) groups is 2. The van der Waals surface area contributed by atoms with Crippen LogP contribution in [0.5, 0.6) is 28.7 Å². The Morgan fingerprint density at radius 3 is 2.18 bits per heavy atom. The number of hydrazine groups is 1. The maximum Gasteiger partial charge on any atom is 0.340 e. The first-order chi connectivity index (χ1) is 32.0. The highest BCUT2D eigenvalue weighted by molar-refractivity contribution is 7.80. The van der Waals surface area contributed by atoms with Crippen molar-refractivity contribution >= 4 is 74.8 Å².